The molecule has 0 aliphatic heterocycles. The largest absolute Gasteiger partial charge is 0.351 e. The molecule has 1 aliphatic rings. The zero-order chi connectivity index (χ0) is 14.7. The van der Waals surface area contributed by atoms with Crippen molar-refractivity contribution in [1.29, 1.82) is 0 Å². The van der Waals surface area contributed by atoms with Gasteiger partial charge in [-0.05, 0) is 45.7 Å². The molecule has 0 radical (unpaired) electrons. The van der Waals surface area contributed by atoms with Crippen molar-refractivity contribution < 1.29 is 4.92 Å². The molecule has 0 saturated heterocycles. The Balaban J connectivity index is 2.18. The Kier molecular flexibility index (Phi) is 4.54. The number of rotatable bonds is 4. The Hall–Kier alpha value is -1.69. The number of aryl methyl sites for hydroxylation is 1. The Morgan fingerprint density at radius 3 is 2.55 bits per heavy atom. The molecule has 0 amide bonds. The molecule has 0 spiro atoms. The van der Waals surface area contributed by atoms with Crippen LogP contribution in [0.25, 0.3) is 0 Å². The monoisotopic (exact) mass is 278 g/mol. The van der Waals surface area contributed by atoms with Gasteiger partial charge in [0, 0.05) is 30.9 Å². The van der Waals surface area contributed by atoms with E-state index in [1.807, 2.05) is 25.9 Å². The summed E-state index contributed by atoms with van der Waals surface area (Å²) in [5.41, 5.74) is 0.898. The third kappa shape index (κ3) is 3.07. The Morgan fingerprint density at radius 1 is 1.35 bits per heavy atom. The molecule has 6 heteroatoms. The van der Waals surface area contributed by atoms with Crippen LogP contribution in [0.5, 0.6) is 0 Å². The molecule has 1 saturated carbocycles. The van der Waals surface area contributed by atoms with E-state index in [-0.39, 0.29) is 10.6 Å². The molecule has 20 heavy (non-hydrogen) atoms. The van der Waals surface area contributed by atoms with Crippen molar-refractivity contribution in [2.24, 2.45) is 0 Å². The van der Waals surface area contributed by atoms with Crippen molar-refractivity contribution in [3.05, 3.63) is 27.9 Å². The van der Waals surface area contributed by atoms with Crippen LogP contribution in [0, 0.1) is 17.0 Å². The summed E-state index contributed by atoms with van der Waals surface area (Å²) in [5.74, 6) is 0.489. The first-order valence-electron chi connectivity index (χ1n) is 7.05. The van der Waals surface area contributed by atoms with Gasteiger partial charge in [-0.15, -0.1) is 0 Å². The Morgan fingerprint density at radius 2 is 2.00 bits per heavy atom. The molecule has 1 aliphatic carbocycles. The van der Waals surface area contributed by atoms with Crippen molar-refractivity contribution in [3.63, 3.8) is 0 Å². The highest BCUT2D eigenvalue weighted by Gasteiger charge is 2.28. The van der Waals surface area contributed by atoms with Crippen molar-refractivity contribution in [1.82, 2.24) is 10.3 Å². The van der Waals surface area contributed by atoms with Gasteiger partial charge in [0.1, 0.15) is 0 Å². The van der Waals surface area contributed by atoms with Crippen LogP contribution < -0.4 is 10.2 Å². The van der Waals surface area contributed by atoms with Crippen molar-refractivity contribution in [2.45, 2.75) is 44.7 Å². The number of nitrogens with one attached hydrogen (secondary N) is 1. The van der Waals surface area contributed by atoms with Gasteiger partial charge in [-0.2, -0.15) is 0 Å². The van der Waals surface area contributed by atoms with Crippen LogP contribution in [0.15, 0.2) is 12.1 Å². The number of hydrogen-bond acceptors (Lipinski definition) is 5. The molecule has 1 heterocycles. The molecule has 1 aromatic heterocycles. The molecule has 2 rings (SSSR count). The lowest BCUT2D eigenvalue weighted by Gasteiger charge is -2.35. The summed E-state index contributed by atoms with van der Waals surface area (Å²) in [6, 6.07) is 4.13. The van der Waals surface area contributed by atoms with E-state index in [4.69, 9.17) is 0 Å². The zero-order valence-electron chi connectivity index (χ0n) is 12.3. The van der Waals surface area contributed by atoms with Gasteiger partial charge in [-0.1, -0.05) is 0 Å². The summed E-state index contributed by atoms with van der Waals surface area (Å²) in [5, 5.41) is 14.4. The van der Waals surface area contributed by atoms with Crippen molar-refractivity contribution in [2.75, 3.05) is 19.0 Å². The Bertz CT molecular complexity index is 484. The summed E-state index contributed by atoms with van der Waals surface area (Å²) in [7, 11) is 3.90. The fourth-order valence-electron chi connectivity index (χ4n) is 2.86. The third-order valence-electron chi connectivity index (χ3n) is 4.18. The molecule has 0 bridgehead atoms. The minimum Gasteiger partial charge on any atom is -0.351 e. The third-order valence-corrected chi connectivity index (χ3v) is 4.18. The van der Waals surface area contributed by atoms with Gasteiger partial charge in [0.25, 0.3) is 0 Å². The normalized spacial score (nSPS) is 22.6. The highest BCUT2D eigenvalue weighted by atomic mass is 16.6. The van der Waals surface area contributed by atoms with Crippen LogP contribution >= 0.6 is 0 Å². The van der Waals surface area contributed by atoms with E-state index in [0.717, 1.165) is 31.4 Å². The maximum atomic E-state index is 11.1. The minimum absolute atomic E-state index is 0.0915. The smallest absolute Gasteiger partial charge is 0.311 e. The lowest BCUT2D eigenvalue weighted by Crippen LogP contribution is -2.40. The van der Waals surface area contributed by atoms with E-state index >= 15 is 0 Å². The van der Waals surface area contributed by atoms with Crippen LogP contribution in [-0.2, 0) is 0 Å². The summed E-state index contributed by atoms with van der Waals surface area (Å²) in [6.07, 6.45) is 4.28. The molecule has 1 aromatic rings. The molecule has 1 fully saturated rings. The van der Waals surface area contributed by atoms with Crippen LogP contribution in [0.1, 0.15) is 31.4 Å². The van der Waals surface area contributed by atoms with Gasteiger partial charge in [0.15, 0.2) is 0 Å². The maximum absolute atomic E-state index is 11.1. The van der Waals surface area contributed by atoms with Gasteiger partial charge in [-0.25, -0.2) is 4.98 Å². The van der Waals surface area contributed by atoms with Gasteiger partial charge in [0.2, 0.25) is 5.82 Å². The van der Waals surface area contributed by atoms with Gasteiger partial charge < -0.3 is 10.2 Å². The number of nitro groups is 1. The number of nitrogens with zero attached hydrogens (tertiary/aromatic N) is 3. The fraction of sp³-hybridized carbons (Fsp3) is 0.643. The second-order valence-corrected chi connectivity index (χ2v) is 5.46. The summed E-state index contributed by atoms with van der Waals surface area (Å²) >= 11 is 0. The van der Waals surface area contributed by atoms with Crippen LogP contribution in [0.2, 0.25) is 0 Å². The summed E-state index contributed by atoms with van der Waals surface area (Å²) in [4.78, 5) is 17.2. The molecule has 0 aromatic carbocycles. The van der Waals surface area contributed by atoms with E-state index in [1.54, 1.807) is 12.1 Å². The lowest BCUT2D eigenvalue weighted by molar-refractivity contribution is -0.384. The maximum Gasteiger partial charge on any atom is 0.311 e. The molecular weight excluding hydrogens is 256 g/mol. The summed E-state index contributed by atoms with van der Waals surface area (Å²) < 4.78 is 0. The highest BCUT2D eigenvalue weighted by Crippen LogP contribution is 2.31. The van der Waals surface area contributed by atoms with Crippen LogP contribution in [-0.4, -0.2) is 36.1 Å². The topological polar surface area (TPSA) is 71.3 Å². The highest BCUT2D eigenvalue weighted by molar-refractivity contribution is 5.58. The van der Waals surface area contributed by atoms with E-state index in [0.29, 0.717) is 17.9 Å². The number of hydrogen-bond donors (Lipinski definition) is 1. The molecular formula is C14H22N4O2. The molecule has 110 valence electrons. The summed E-state index contributed by atoms with van der Waals surface area (Å²) in [6.45, 7) is 1.86. The Labute approximate surface area is 119 Å². The molecule has 1 N–H and O–H groups in total. The quantitative estimate of drug-likeness (QED) is 0.675. The average molecular weight is 278 g/mol. The second-order valence-electron chi connectivity index (χ2n) is 5.46. The van der Waals surface area contributed by atoms with Gasteiger partial charge in [-0.3, -0.25) is 10.1 Å². The first kappa shape index (κ1) is 14.7. The van der Waals surface area contributed by atoms with Crippen molar-refractivity contribution in [3.8, 4) is 0 Å². The standard InChI is InChI=1S/C14H22N4O2/c1-10-4-9-13(18(19)20)14(16-10)17(3)12-7-5-11(15-2)6-8-12/h4,9,11-12,15H,5-8H2,1-3H3. The van der Waals surface area contributed by atoms with E-state index in [1.165, 1.54) is 0 Å². The molecule has 6 nitrogen and oxygen atoms in total. The minimum atomic E-state index is -0.350. The van der Waals surface area contributed by atoms with Gasteiger partial charge >= 0.3 is 5.69 Å². The van der Waals surface area contributed by atoms with Crippen LogP contribution in [0.3, 0.4) is 0 Å². The first-order chi connectivity index (χ1) is 9.52. The fourth-order valence-corrected chi connectivity index (χ4v) is 2.86. The number of aromatic nitrogens is 1. The predicted octanol–water partition coefficient (Wildman–Crippen LogP) is 2.27. The zero-order valence-corrected chi connectivity index (χ0v) is 12.3. The number of anilines is 1. The second kappa shape index (κ2) is 6.17. The average Bonchev–Trinajstić information content (AvgIpc) is 2.46. The van der Waals surface area contributed by atoms with Gasteiger partial charge in [0.05, 0.1) is 4.92 Å². The molecule has 0 unspecified atom stereocenters. The van der Waals surface area contributed by atoms with Crippen LogP contribution in [0.4, 0.5) is 11.5 Å². The van der Waals surface area contributed by atoms with E-state index in [9.17, 15) is 10.1 Å². The predicted molar refractivity (Wildman–Crippen MR) is 79.1 cm³/mol. The van der Waals surface area contributed by atoms with E-state index < -0.39 is 0 Å². The lowest BCUT2D eigenvalue weighted by atomic mass is 9.90. The number of pyridine rings is 1. The SMILES string of the molecule is CNC1CCC(N(C)c2nc(C)ccc2[N+](=O)[O-])CC1. The van der Waals surface area contributed by atoms with Crippen molar-refractivity contribution >= 4 is 11.5 Å². The van der Waals surface area contributed by atoms with E-state index in [2.05, 4.69) is 10.3 Å². The first-order valence-corrected chi connectivity index (χ1v) is 7.05. The molecule has 0 atom stereocenters.